The van der Waals surface area contributed by atoms with E-state index in [1.54, 1.807) is 0 Å². The zero-order valence-electron chi connectivity index (χ0n) is 7.19. The molecule has 2 N–H and O–H groups in total. The molecule has 2 unspecified atom stereocenters. The first-order valence-electron chi connectivity index (χ1n) is 4.42. The van der Waals surface area contributed by atoms with Crippen LogP contribution in [0.15, 0.2) is 0 Å². The van der Waals surface area contributed by atoms with Crippen LogP contribution in [-0.2, 0) is 0 Å². The summed E-state index contributed by atoms with van der Waals surface area (Å²) < 4.78 is 0. The van der Waals surface area contributed by atoms with Crippen LogP contribution in [0.5, 0.6) is 0 Å². The van der Waals surface area contributed by atoms with E-state index in [9.17, 15) is 0 Å². The van der Waals surface area contributed by atoms with E-state index in [2.05, 4.69) is 13.8 Å². The fourth-order valence-corrected chi connectivity index (χ4v) is 1.71. The van der Waals surface area contributed by atoms with E-state index < -0.39 is 0 Å². The average Bonchev–Trinajstić information content (AvgIpc) is 1.96. The average molecular weight is 141 g/mol. The van der Waals surface area contributed by atoms with Crippen molar-refractivity contribution in [1.29, 1.82) is 0 Å². The van der Waals surface area contributed by atoms with Gasteiger partial charge in [0.2, 0.25) is 0 Å². The molecule has 0 heterocycles. The van der Waals surface area contributed by atoms with Crippen molar-refractivity contribution in [3.05, 3.63) is 0 Å². The largest absolute Gasteiger partial charge is 0.325 e. The minimum atomic E-state index is 0.122. The summed E-state index contributed by atoms with van der Waals surface area (Å²) in [6.07, 6.45) is 6.64. The van der Waals surface area contributed by atoms with Gasteiger partial charge in [0.1, 0.15) is 0 Å². The molecule has 60 valence electrons. The topological polar surface area (TPSA) is 26.0 Å². The molecule has 1 heteroatoms. The Labute approximate surface area is 64.0 Å². The highest BCUT2D eigenvalue weighted by Crippen LogP contribution is 2.29. The van der Waals surface area contributed by atoms with Crippen LogP contribution in [0.2, 0.25) is 0 Å². The quantitative estimate of drug-likeness (QED) is 0.515. The summed E-state index contributed by atoms with van der Waals surface area (Å²) in [5.41, 5.74) is 6.24. The number of hydrogen-bond donors (Lipinski definition) is 1. The van der Waals surface area contributed by atoms with Crippen molar-refractivity contribution in [3.63, 3.8) is 0 Å². The molecular formula is C9H19N. The third-order valence-electron chi connectivity index (χ3n) is 2.98. The molecule has 0 radical (unpaired) electrons. The molecule has 2 atom stereocenters. The Hall–Kier alpha value is -0.0400. The van der Waals surface area contributed by atoms with E-state index >= 15 is 0 Å². The van der Waals surface area contributed by atoms with Gasteiger partial charge in [0.15, 0.2) is 0 Å². The van der Waals surface area contributed by atoms with Gasteiger partial charge in [0.25, 0.3) is 0 Å². The maximum Gasteiger partial charge on any atom is 0.0151 e. The highest BCUT2D eigenvalue weighted by atomic mass is 14.7. The molecule has 0 amide bonds. The smallest absolute Gasteiger partial charge is 0.0151 e. The zero-order chi connectivity index (χ0) is 7.61. The van der Waals surface area contributed by atoms with Gasteiger partial charge in [-0.05, 0) is 25.7 Å². The summed E-state index contributed by atoms with van der Waals surface area (Å²) in [5.74, 6) is 0.718. The van der Waals surface area contributed by atoms with Crippen molar-refractivity contribution >= 4 is 0 Å². The van der Waals surface area contributed by atoms with E-state index in [0.29, 0.717) is 0 Å². The molecule has 0 aliphatic heterocycles. The summed E-state index contributed by atoms with van der Waals surface area (Å²) in [6, 6.07) is 0. The Morgan fingerprint density at radius 1 is 1.30 bits per heavy atom. The molecule has 1 aliphatic carbocycles. The minimum absolute atomic E-state index is 0.122. The van der Waals surface area contributed by atoms with Crippen LogP contribution >= 0.6 is 0 Å². The fraction of sp³-hybridized carbons (Fsp3) is 1.00. The molecule has 1 aliphatic rings. The molecule has 10 heavy (non-hydrogen) atoms. The predicted molar refractivity (Wildman–Crippen MR) is 44.8 cm³/mol. The van der Waals surface area contributed by atoms with E-state index in [1.807, 2.05) is 0 Å². The van der Waals surface area contributed by atoms with Crippen molar-refractivity contribution in [3.8, 4) is 0 Å². The Kier molecular flexibility index (Phi) is 2.35. The first kappa shape index (κ1) is 8.06. The van der Waals surface area contributed by atoms with Crippen molar-refractivity contribution in [2.75, 3.05) is 0 Å². The van der Waals surface area contributed by atoms with Crippen LogP contribution in [-0.4, -0.2) is 5.54 Å². The van der Waals surface area contributed by atoms with Crippen LogP contribution in [0.3, 0.4) is 0 Å². The summed E-state index contributed by atoms with van der Waals surface area (Å²) in [7, 11) is 0. The van der Waals surface area contributed by atoms with Gasteiger partial charge in [-0.25, -0.2) is 0 Å². The maximum atomic E-state index is 6.12. The molecule has 0 spiro atoms. The van der Waals surface area contributed by atoms with Gasteiger partial charge in [-0.3, -0.25) is 0 Å². The Morgan fingerprint density at radius 2 is 2.00 bits per heavy atom. The lowest BCUT2D eigenvalue weighted by Gasteiger charge is -2.29. The number of hydrogen-bond acceptors (Lipinski definition) is 1. The van der Waals surface area contributed by atoms with Crippen LogP contribution < -0.4 is 5.73 Å². The first-order valence-corrected chi connectivity index (χ1v) is 4.42. The molecule has 0 bridgehead atoms. The van der Waals surface area contributed by atoms with Gasteiger partial charge in [-0.15, -0.1) is 0 Å². The van der Waals surface area contributed by atoms with Crippen LogP contribution in [0, 0.1) is 5.92 Å². The summed E-state index contributed by atoms with van der Waals surface area (Å²) >= 11 is 0. The summed E-state index contributed by atoms with van der Waals surface area (Å²) in [5, 5.41) is 0. The Balaban J connectivity index is 2.52. The summed E-state index contributed by atoms with van der Waals surface area (Å²) in [4.78, 5) is 0. The van der Waals surface area contributed by atoms with Crippen molar-refractivity contribution in [2.45, 2.75) is 51.5 Å². The van der Waals surface area contributed by atoms with Gasteiger partial charge in [0, 0.05) is 5.54 Å². The standard InChI is InChI=1S/C9H19N/c1-8-6-4-3-5-7-9(8,2)10/h8H,3-7,10H2,1-2H3. The van der Waals surface area contributed by atoms with Gasteiger partial charge in [0.05, 0.1) is 0 Å². The summed E-state index contributed by atoms with van der Waals surface area (Å²) in [6.45, 7) is 4.48. The Bertz CT molecular complexity index is 107. The van der Waals surface area contributed by atoms with E-state index in [-0.39, 0.29) is 5.54 Å². The molecule has 0 aromatic rings. The van der Waals surface area contributed by atoms with Crippen molar-refractivity contribution in [1.82, 2.24) is 0 Å². The van der Waals surface area contributed by atoms with Crippen LogP contribution in [0.25, 0.3) is 0 Å². The predicted octanol–water partition coefficient (Wildman–Crippen LogP) is 2.30. The second-order valence-electron chi connectivity index (χ2n) is 4.01. The van der Waals surface area contributed by atoms with Gasteiger partial charge < -0.3 is 5.73 Å². The monoisotopic (exact) mass is 141 g/mol. The van der Waals surface area contributed by atoms with Crippen molar-refractivity contribution in [2.24, 2.45) is 11.7 Å². The third-order valence-corrected chi connectivity index (χ3v) is 2.98. The lowest BCUT2D eigenvalue weighted by atomic mass is 9.84. The lowest BCUT2D eigenvalue weighted by molar-refractivity contribution is 0.299. The lowest BCUT2D eigenvalue weighted by Crippen LogP contribution is -2.41. The molecule has 1 saturated carbocycles. The van der Waals surface area contributed by atoms with E-state index in [0.717, 1.165) is 5.92 Å². The van der Waals surface area contributed by atoms with E-state index in [4.69, 9.17) is 5.73 Å². The second-order valence-corrected chi connectivity index (χ2v) is 4.01. The van der Waals surface area contributed by atoms with Crippen LogP contribution in [0.4, 0.5) is 0 Å². The number of rotatable bonds is 0. The van der Waals surface area contributed by atoms with Crippen LogP contribution in [0.1, 0.15) is 46.0 Å². The number of nitrogens with two attached hydrogens (primary N) is 1. The van der Waals surface area contributed by atoms with Gasteiger partial charge >= 0.3 is 0 Å². The minimum Gasteiger partial charge on any atom is -0.325 e. The third kappa shape index (κ3) is 1.72. The van der Waals surface area contributed by atoms with E-state index in [1.165, 1.54) is 32.1 Å². The van der Waals surface area contributed by atoms with Crippen molar-refractivity contribution < 1.29 is 0 Å². The normalized spacial score (nSPS) is 42.9. The highest BCUT2D eigenvalue weighted by molar-refractivity contribution is 4.86. The van der Waals surface area contributed by atoms with Gasteiger partial charge in [-0.1, -0.05) is 26.2 Å². The molecule has 1 fully saturated rings. The maximum absolute atomic E-state index is 6.12. The molecule has 1 rings (SSSR count). The molecule has 0 saturated heterocycles. The highest BCUT2D eigenvalue weighted by Gasteiger charge is 2.27. The molecule has 0 aromatic carbocycles. The molecule has 0 aromatic heterocycles. The fourth-order valence-electron chi connectivity index (χ4n) is 1.71. The molecule has 1 nitrogen and oxygen atoms in total. The first-order chi connectivity index (χ1) is 4.63. The molecular weight excluding hydrogens is 122 g/mol. The zero-order valence-corrected chi connectivity index (χ0v) is 7.19. The Morgan fingerprint density at radius 3 is 2.70 bits per heavy atom. The van der Waals surface area contributed by atoms with Gasteiger partial charge in [-0.2, -0.15) is 0 Å². The SMILES string of the molecule is CC1CCCCCC1(C)N. The second kappa shape index (κ2) is 2.91.